The molecule has 3 rings (SSSR count). The van der Waals surface area contributed by atoms with Crippen LogP contribution in [0.4, 0.5) is 17.3 Å². The molecule has 0 bridgehead atoms. The van der Waals surface area contributed by atoms with Crippen LogP contribution >= 0.6 is 0 Å². The summed E-state index contributed by atoms with van der Waals surface area (Å²) < 4.78 is 15.8. The third-order valence-corrected chi connectivity index (χ3v) is 4.16. The van der Waals surface area contributed by atoms with Crippen LogP contribution in [0.15, 0.2) is 48.8 Å². The summed E-state index contributed by atoms with van der Waals surface area (Å²) in [7, 11) is 4.69. The normalized spacial score (nSPS) is 10.2. The summed E-state index contributed by atoms with van der Waals surface area (Å²) >= 11 is 0. The maximum Gasteiger partial charge on any atom is 0.258 e. The molecule has 1 amide bonds. The molecule has 3 aromatic rings. The number of aryl methyl sites for hydroxylation is 1. The number of nitrogens with zero attached hydrogens (tertiary/aromatic N) is 2. The molecule has 29 heavy (non-hydrogen) atoms. The number of methoxy groups -OCH3 is 3. The number of amides is 1. The second kappa shape index (κ2) is 8.92. The Morgan fingerprint density at radius 2 is 1.52 bits per heavy atom. The van der Waals surface area contributed by atoms with Gasteiger partial charge in [0.25, 0.3) is 5.91 Å². The van der Waals surface area contributed by atoms with Crippen molar-refractivity contribution in [3.8, 4) is 17.2 Å². The lowest BCUT2D eigenvalue weighted by molar-refractivity contribution is 0.102. The summed E-state index contributed by atoms with van der Waals surface area (Å²) in [4.78, 5) is 20.9. The highest BCUT2D eigenvalue weighted by Gasteiger charge is 2.12. The van der Waals surface area contributed by atoms with E-state index in [2.05, 4.69) is 20.6 Å². The molecule has 0 saturated carbocycles. The third-order valence-electron chi connectivity index (χ3n) is 4.16. The minimum atomic E-state index is -0.327. The Balaban J connectivity index is 1.72. The van der Waals surface area contributed by atoms with Gasteiger partial charge in [-0.2, -0.15) is 0 Å². The standard InChI is InChI=1S/C21H22N4O4/c1-13-5-7-17(27-2)16(9-13)25-20(26)14-11-22-21(23-12-14)24-15-6-8-18(28-3)19(10-15)29-4/h5-12H,1-4H3,(H,25,26)(H,22,23,24). The predicted octanol–water partition coefficient (Wildman–Crippen LogP) is 3.81. The molecular formula is C21H22N4O4. The van der Waals surface area contributed by atoms with Crippen molar-refractivity contribution < 1.29 is 19.0 Å². The zero-order chi connectivity index (χ0) is 20.8. The van der Waals surface area contributed by atoms with Gasteiger partial charge in [0.2, 0.25) is 5.95 Å². The zero-order valence-corrected chi connectivity index (χ0v) is 16.6. The summed E-state index contributed by atoms with van der Waals surface area (Å²) in [6, 6.07) is 10.9. The molecule has 0 fully saturated rings. The van der Waals surface area contributed by atoms with Gasteiger partial charge in [-0.3, -0.25) is 4.79 Å². The van der Waals surface area contributed by atoms with Gasteiger partial charge < -0.3 is 24.8 Å². The quantitative estimate of drug-likeness (QED) is 0.629. The van der Waals surface area contributed by atoms with E-state index in [0.29, 0.717) is 34.4 Å². The number of benzene rings is 2. The van der Waals surface area contributed by atoms with E-state index in [1.807, 2.05) is 25.1 Å². The zero-order valence-electron chi connectivity index (χ0n) is 16.6. The number of carbonyl (C=O) groups excluding carboxylic acids is 1. The van der Waals surface area contributed by atoms with E-state index in [4.69, 9.17) is 14.2 Å². The Hall–Kier alpha value is -3.81. The predicted molar refractivity (Wildman–Crippen MR) is 111 cm³/mol. The molecule has 0 saturated heterocycles. The van der Waals surface area contributed by atoms with E-state index in [0.717, 1.165) is 11.3 Å². The Labute approximate surface area is 168 Å². The fraction of sp³-hybridized carbons (Fsp3) is 0.190. The fourth-order valence-electron chi connectivity index (χ4n) is 2.67. The van der Waals surface area contributed by atoms with E-state index in [1.165, 1.54) is 12.4 Å². The van der Waals surface area contributed by atoms with Crippen LogP contribution in [0.5, 0.6) is 17.2 Å². The van der Waals surface area contributed by atoms with Gasteiger partial charge in [0, 0.05) is 24.1 Å². The number of rotatable bonds is 7. The lowest BCUT2D eigenvalue weighted by atomic mass is 10.2. The fourth-order valence-corrected chi connectivity index (χ4v) is 2.67. The summed E-state index contributed by atoms with van der Waals surface area (Å²) in [5.41, 5.74) is 2.65. The van der Waals surface area contributed by atoms with Gasteiger partial charge in [0.05, 0.1) is 32.6 Å². The van der Waals surface area contributed by atoms with Gasteiger partial charge in [0.15, 0.2) is 11.5 Å². The van der Waals surface area contributed by atoms with Crippen LogP contribution < -0.4 is 24.8 Å². The number of hydrogen-bond donors (Lipinski definition) is 2. The maximum absolute atomic E-state index is 12.5. The number of carbonyl (C=O) groups is 1. The van der Waals surface area contributed by atoms with Crippen LogP contribution in [0.2, 0.25) is 0 Å². The van der Waals surface area contributed by atoms with Crippen LogP contribution in [0.3, 0.4) is 0 Å². The van der Waals surface area contributed by atoms with Gasteiger partial charge in [-0.15, -0.1) is 0 Å². The van der Waals surface area contributed by atoms with Crippen molar-refractivity contribution in [2.45, 2.75) is 6.92 Å². The minimum absolute atomic E-state index is 0.325. The number of aromatic nitrogens is 2. The monoisotopic (exact) mass is 394 g/mol. The SMILES string of the molecule is COc1ccc(C)cc1NC(=O)c1cnc(Nc2ccc(OC)c(OC)c2)nc1. The summed E-state index contributed by atoms with van der Waals surface area (Å²) in [5, 5.41) is 5.88. The Kier molecular flexibility index (Phi) is 6.13. The molecule has 0 unspecified atom stereocenters. The molecule has 8 nitrogen and oxygen atoms in total. The molecule has 0 aliphatic rings. The van der Waals surface area contributed by atoms with Gasteiger partial charge in [-0.25, -0.2) is 9.97 Å². The number of hydrogen-bond acceptors (Lipinski definition) is 7. The van der Waals surface area contributed by atoms with Gasteiger partial charge in [-0.05, 0) is 36.8 Å². The summed E-state index contributed by atoms with van der Waals surface area (Å²) in [6.07, 6.45) is 2.90. The lowest BCUT2D eigenvalue weighted by Crippen LogP contribution is -2.14. The number of nitrogens with one attached hydrogen (secondary N) is 2. The summed E-state index contributed by atoms with van der Waals surface area (Å²) in [6.45, 7) is 1.94. The first-order valence-electron chi connectivity index (χ1n) is 8.81. The molecule has 0 atom stereocenters. The lowest BCUT2D eigenvalue weighted by Gasteiger charge is -2.12. The van der Waals surface area contributed by atoms with Crippen molar-refractivity contribution in [2.24, 2.45) is 0 Å². The highest BCUT2D eigenvalue weighted by molar-refractivity contribution is 6.04. The molecule has 8 heteroatoms. The first kappa shape index (κ1) is 19.9. The molecule has 150 valence electrons. The van der Waals surface area contributed by atoms with Crippen molar-refractivity contribution in [2.75, 3.05) is 32.0 Å². The molecule has 2 aromatic carbocycles. The van der Waals surface area contributed by atoms with Gasteiger partial charge in [0.1, 0.15) is 5.75 Å². The van der Waals surface area contributed by atoms with Crippen LogP contribution in [-0.4, -0.2) is 37.2 Å². The molecule has 0 aliphatic heterocycles. The van der Waals surface area contributed by atoms with Crippen molar-refractivity contribution in [3.63, 3.8) is 0 Å². The van der Waals surface area contributed by atoms with Crippen molar-refractivity contribution in [3.05, 3.63) is 59.9 Å². The molecule has 1 aromatic heterocycles. The largest absolute Gasteiger partial charge is 0.495 e. The van der Waals surface area contributed by atoms with Crippen molar-refractivity contribution in [1.82, 2.24) is 9.97 Å². The highest BCUT2D eigenvalue weighted by atomic mass is 16.5. The average Bonchev–Trinajstić information content (AvgIpc) is 2.74. The second-order valence-electron chi connectivity index (χ2n) is 6.15. The number of ether oxygens (including phenoxy) is 3. The Morgan fingerprint density at radius 1 is 0.862 bits per heavy atom. The van der Waals surface area contributed by atoms with Crippen LogP contribution in [-0.2, 0) is 0 Å². The molecule has 0 aliphatic carbocycles. The van der Waals surface area contributed by atoms with E-state index in [1.54, 1.807) is 39.5 Å². The number of anilines is 3. The van der Waals surface area contributed by atoms with Crippen LogP contribution in [0.1, 0.15) is 15.9 Å². The van der Waals surface area contributed by atoms with Gasteiger partial charge in [-0.1, -0.05) is 6.07 Å². The van der Waals surface area contributed by atoms with E-state index in [9.17, 15) is 4.79 Å². The Morgan fingerprint density at radius 3 is 2.17 bits per heavy atom. The molecule has 0 spiro atoms. The topological polar surface area (TPSA) is 94.6 Å². The molecule has 1 heterocycles. The van der Waals surface area contributed by atoms with Gasteiger partial charge >= 0.3 is 0 Å². The highest BCUT2D eigenvalue weighted by Crippen LogP contribution is 2.30. The Bertz CT molecular complexity index is 1010. The van der Waals surface area contributed by atoms with Crippen molar-refractivity contribution in [1.29, 1.82) is 0 Å². The van der Waals surface area contributed by atoms with Crippen LogP contribution in [0.25, 0.3) is 0 Å². The van der Waals surface area contributed by atoms with E-state index in [-0.39, 0.29) is 5.91 Å². The smallest absolute Gasteiger partial charge is 0.258 e. The molecule has 0 radical (unpaired) electrons. The first-order valence-corrected chi connectivity index (χ1v) is 8.81. The minimum Gasteiger partial charge on any atom is -0.495 e. The maximum atomic E-state index is 12.5. The van der Waals surface area contributed by atoms with E-state index >= 15 is 0 Å². The van der Waals surface area contributed by atoms with Crippen LogP contribution in [0, 0.1) is 6.92 Å². The molecule has 2 N–H and O–H groups in total. The molecular weight excluding hydrogens is 372 g/mol. The van der Waals surface area contributed by atoms with Crippen molar-refractivity contribution >= 4 is 23.2 Å². The average molecular weight is 394 g/mol. The van der Waals surface area contributed by atoms with E-state index < -0.39 is 0 Å². The third kappa shape index (κ3) is 4.73. The first-order chi connectivity index (χ1) is 14.0. The summed E-state index contributed by atoms with van der Waals surface area (Å²) in [5.74, 6) is 1.81. The second-order valence-corrected chi connectivity index (χ2v) is 6.15.